The second kappa shape index (κ2) is 6.26. The van der Waals surface area contributed by atoms with Crippen LogP contribution in [0.2, 0.25) is 0 Å². The Balaban J connectivity index is 2.24. The first-order valence-electron chi connectivity index (χ1n) is 7.88. The number of hydrogen-bond acceptors (Lipinski definition) is 6. The molecule has 7 nitrogen and oxygen atoms in total. The Morgan fingerprint density at radius 3 is 2.71 bits per heavy atom. The van der Waals surface area contributed by atoms with Crippen LogP contribution in [0.4, 0.5) is 5.82 Å². The Morgan fingerprint density at radius 2 is 2.00 bits per heavy atom. The SMILES string of the molecule is CCOCOc1nc2c(N)nc3ccccc3c2n1CC(C)(C)O. The van der Waals surface area contributed by atoms with E-state index in [1.165, 1.54) is 0 Å². The summed E-state index contributed by atoms with van der Waals surface area (Å²) in [6, 6.07) is 8.04. The number of pyridine rings is 1. The number of aromatic nitrogens is 3. The Labute approximate surface area is 140 Å². The highest BCUT2D eigenvalue weighted by Crippen LogP contribution is 2.32. The average Bonchev–Trinajstić information content (AvgIpc) is 2.86. The summed E-state index contributed by atoms with van der Waals surface area (Å²) in [6.45, 7) is 6.28. The first-order chi connectivity index (χ1) is 11.4. The molecule has 0 unspecified atom stereocenters. The molecule has 0 radical (unpaired) electrons. The molecule has 3 aromatic rings. The zero-order valence-electron chi connectivity index (χ0n) is 14.1. The molecule has 0 atom stereocenters. The number of benzene rings is 1. The number of rotatable bonds is 6. The number of aliphatic hydroxyl groups is 1. The van der Waals surface area contributed by atoms with Gasteiger partial charge in [-0.2, -0.15) is 4.98 Å². The molecule has 0 saturated carbocycles. The fourth-order valence-electron chi connectivity index (χ4n) is 2.66. The molecule has 0 aliphatic heterocycles. The third-order valence-electron chi connectivity index (χ3n) is 3.60. The molecule has 1 aromatic carbocycles. The fourth-order valence-corrected chi connectivity index (χ4v) is 2.66. The maximum absolute atomic E-state index is 10.3. The summed E-state index contributed by atoms with van der Waals surface area (Å²) in [4.78, 5) is 8.88. The lowest BCUT2D eigenvalue weighted by Crippen LogP contribution is -2.26. The standard InChI is InChI=1S/C17H22N4O3/c1-4-23-10-24-16-20-13-14(21(16)9-17(2,3)22)11-7-5-6-8-12(11)19-15(13)18/h5-8,22H,4,9-10H2,1-3H3,(H2,18,19). The molecule has 128 valence electrons. The molecule has 7 heteroatoms. The van der Waals surface area contributed by atoms with Crippen molar-refractivity contribution in [2.45, 2.75) is 32.9 Å². The number of hydrogen-bond donors (Lipinski definition) is 2. The van der Waals surface area contributed by atoms with Crippen LogP contribution in [0.25, 0.3) is 21.9 Å². The van der Waals surface area contributed by atoms with Gasteiger partial charge in [-0.3, -0.25) is 4.57 Å². The van der Waals surface area contributed by atoms with E-state index in [4.69, 9.17) is 15.2 Å². The molecule has 2 heterocycles. The molecule has 0 amide bonds. The third kappa shape index (κ3) is 3.13. The average molecular weight is 330 g/mol. The van der Waals surface area contributed by atoms with E-state index in [1.54, 1.807) is 13.8 Å². The number of ether oxygens (including phenoxy) is 2. The maximum atomic E-state index is 10.3. The number of nitrogen functional groups attached to an aromatic ring is 1. The largest absolute Gasteiger partial charge is 0.437 e. The van der Waals surface area contributed by atoms with Crippen LogP contribution < -0.4 is 10.5 Å². The highest BCUT2D eigenvalue weighted by atomic mass is 16.7. The number of imidazole rings is 1. The van der Waals surface area contributed by atoms with Gasteiger partial charge in [0.1, 0.15) is 5.52 Å². The van der Waals surface area contributed by atoms with E-state index in [0.29, 0.717) is 30.5 Å². The number of anilines is 1. The molecule has 0 fully saturated rings. The summed E-state index contributed by atoms with van der Waals surface area (Å²) in [5.74, 6) is 0.333. The lowest BCUT2D eigenvalue weighted by molar-refractivity contribution is 0.00930. The fraction of sp³-hybridized carbons (Fsp3) is 0.412. The number of nitrogens with zero attached hydrogens (tertiary/aromatic N) is 3. The minimum atomic E-state index is -0.948. The quantitative estimate of drug-likeness (QED) is 0.532. The predicted octanol–water partition coefficient (Wildman–Crippen LogP) is 2.31. The highest BCUT2D eigenvalue weighted by molar-refractivity contribution is 6.06. The van der Waals surface area contributed by atoms with Crippen LogP contribution >= 0.6 is 0 Å². The van der Waals surface area contributed by atoms with Crippen molar-refractivity contribution in [3.05, 3.63) is 24.3 Å². The Morgan fingerprint density at radius 1 is 1.25 bits per heavy atom. The zero-order valence-corrected chi connectivity index (χ0v) is 14.1. The molecule has 3 rings (SSSR count). The van der Waals surface area contributed by atoms with E-state index >= 15 is 0 Å². The smallest absolute Gasteiger partial charge is 0.299 e. The van der Waals surface area contributed by atoms with Gasteiger partial charge in [-0.25, -0.2) is 4.98 Å². The van der Waals surface area contributed by atoms with Gasteiger partial charge in [-0.1, -0.05) is 18.2 Å². The summed E-state index contributed by atoms with van der Waals surface area (Å²) in [5, 5.41) is 11.2. The van der Waals surface area contributed by atoms with E-state index in [1.807, 2.05) is 35.8 Å². The number of nitrogens with two attached hydrogens (primary N) is 1. The van der Waals surface area contributed by atoms with Crippen LogP contribution in [0.1, 0.15) is 20.8 Å². The number of para-hydroxylation sites is 1. The van der Waals surface area contributed by atoms with Gasteiger partial charge in [-0.05, 0) is 26.8 Å². The molecule has 0 saturated heterocycles. The van der Waals surface area contributed by atoms with Gasteiger partial charge in [0.15, 0.2) is 12.6 Å². The lowest BCUT2D eigenvalue weighted by Gasteiger charge is -2.20. The lowest BCUT2D eigenvalue weighted by atomic mass is 10.1. The van der Waals surface area contributed by atoms with Gasteiger partial charge < -0.3 is 20.3 Å². The summed E-state index contributed by atoms with van der Waals surface area (Å²) >= 11 is 0. The molecule has 0 aliphatic rings. The van der Waals surface area contributed by atoms with E-state index < -0.39 is 5.60 Å². The van der Waals surface area contributed by atoms with Crippen molar-refractivity contribution in [2.24, 2.45) is 0 Å². The molecule has 24 heavy (non-hydrogen) atoms. The van der Waals surface area contributed by atoms with Crippen LogP contribution in [0.15, 0.2) is 24.3 Å². The van der Waals surface area contributed by atoms with Crippen molar-refractivity contribution in [3.8, 4) is 6.01 Å². The Kier molecular flexibility index (Phi) is 4.29. The third-order valence-corrected chi connectivity index (χ3v) is 3.60. The van der Waals surface area contributed by atoms with Gasteiger partial charge in [0.2, 0.25) is 0 Å². The minimum Gasteiger partial charge on any atom is -0.437 e. The van der Waals surface area contributed by atoms with Crippen LogP contribution in [0, 0.1) is 0 Å². The van der Waals surface area contributed by atoms with Crippen LogP contribution in [-0.4, -0.2) is 38.6 Å². The van der Waals surface area contributed by atoms with Crippen LogP contribution in [0.5, 0.6) is 6.01 Å². The Bertz CT molecular complexity index is 868. The van der Waals surface area contributed by atoms with Gasteiger partial charge in [0.05, 0.1) is 23.2 Å². The van der Waals surface area contributed by atoms with E-state index in [9.17, 15) is 5.11 Å². The van der Waals surface area contributed by atoms with Crippen molar-refractivity contribution >= 4 is 27.8 Å². The van der Waals surface area contributed by atoms with E-state index in [0.717, 1.165) is 16.4 Å². The van der Waals surface area contributed by atoms with Gasteiger partial charge in [0.25, 0.3) is 6.01 Å². The van der Waals surface area contributed by atoms with Crippen molar-refractivity contribution in [1.29, 1.82) is 0 Å². The predicted molar refractivity (Wildman–Crippen MR) is 92.9 cm³/mol. The van der Waals surface area contributed by atoms with Crippen molar-refractivity contribution in [1.82, 2.24) is 14.5 Å². The van der Waals surface area contributed by atoms with Crippen LogP contribution in [0.3, 0.4) is 0 Å². The van der Waals surface area contributed by atoms with Crippen molar-refractivity contribution in [3.63, 3.8) is 0 Å². The molecule has 3 N–H and O–H groups in total. The topological polar surface area (TPSA) is 95.4 Å². The molecule has 0 bridgehead atoms. The van der Waals surface area contributed by atoms with Crippen LogP contribution in [-0.2, 0) is 11.3 Å². The molecular weight excluding hydrogens is 308 g/mol. The van der Waals surface area contributed by atoms with Gasteiger partial charge in [-0.15, -0.1) is 0 Å². The van der Waals surface area contributed by atoms with Gasteiger partial charge in [0, 0.05) is 12.0 Å². The molecule has 2 aromatic heterocycles. The second-order valence-corrected chi connectivity index (χ2v) is 6.26. The Hall–Kier alpha value is -2.38. The second-order valence-electron chi connectivity index (χ2n) is 6.26. The van der Waals surface area contributed by atoms with Crippen molar-refractivity contribution < 1.29 is 14.6 Å². The molecule has 0 spiro atoms. The van der Waals surface area contributed by atoms with Crippen molar-refractivity contribution in [2.75, 3.05) is 19.1 Å². The molecule has 0 aliphatic carbocycles. The van der Waals surface area contributed by atoms with E-state index in [2.05, 4.69) is 9.97 Å². The molecular formula is C17H22N4O3. The first kappa shape index (κ1) is 16.5. The van der Waals surface area contributed by atoms with E-state index in [-0.39, 0.29) is 6.79 Å². The maximum Gasteiger partial charge on any atom is 0.299 e. The first-order valence-corrected chi connectivity index (χ1v) is 7.88. The van der Waals surface area contributed by atoms with Gasteiger partial charge >= 0.3 is 0 Å². The zero-order chi connectivity index (χ0) is 17.3. The normalized spacial score (nSPS) is 12.2. The number of fused-ring (bicyclic) bond motifs is 3. The summed E-state index contributed by atoms with van der Waals surface area (Å²) < 4.78 is 12.7. The summed E-state index contributed by atoms with van der Waals surface area (Å²) in [5.41, 5.74) is 7.27. The monoisotopic (exact) mass is 330 g/mol. The minimum absolute atomic E-state index is 0.0803. The summed E-state index contributed by atoms with van der Waals surface area (Å²) in [6.07, 6.45) is 0. The summed E-state index contributed by atoms with van der Waals surface area (Å²) in [7, 11) is 0. The highest BCUT2D eigenvalue weighted by Gasteiger charge is 2.23.